The number of aliphatic hydroxyl groups is 1. The number of anilines is 2. The maximum atomic E-state index is 9.30. The topological polar surface area (TPSA) is 35.5 Å². The van der Waals surface area contributed by atoms with Gasteiger partial charge in [-0.2, -0.15) is 11.8 Å². The predicted octanol–water partition coefficient (Wildman–Crippen LogP) is 4.21. The quantitative estimate of drug-likeness (QED) is 0.853. The van der Waals surface area contributed by atoms with E-state index in [9.17, 15) is 5.11 Å². The molecule has 0 radical (unpaired) electrons. The highest BCUT2D eigenvalue weighted by Crippen LogP contribution is 2.28. The van der Waals surface area contributed by atoms with Crippen LogP contribution in [0.5, 0.6) is 0 Å². The molecule has 3 rings (SSSR count). The number of rotatable bonds is 5. The van der Waals surface area contributed by atoms with Gasteiger partial charge < -0.3 is 15.3 Å². The number of thioether (sulfide) groups is 1. The number of hydrogen-bond acceptors (Lipinski definition) is 4. The number of benzene rings is 2. The van der Waals surface area contributed by atoms with Crippen molar-refractivity contribution in [1.82, 2.24) is 0 Å². The fourth-order valence-corrected chi connectivity index (χ4v) is 4.10. The SMILES string of the molecule is Cc1cc(NC(C)c2cccc(CO)c2)ccc1N1CCSCC1. The molecular weight excluding hydrogens is 316 g/mol. The number of hydrogen-bond donors (Lipinski definition) is 2. The molecule has 1 unspecified atom stereocenters. The van der Waals surface area contributed by atoms with Crippen molar-refractivity contribution >= 4 is 23.1 Å². The van der Waals surface area contributed by atoms with Gasteiger partial charge in [-0.15, -0.1) is 0 Å². The van der Waals surface area contributed by atoms with Crippen LogP contribution in [0, 0.1) is 6.92 Å². The number of aliphatic hydroxyl groups excluding tert-OH is 1. The van der Waals surface area contributed by atoms with Crippen molar-refractivity contribution in [2.75, 3.05) is 34.8 Å². The second-order valence-corrected chi connectivity index (χ2v) is 7.59. The lowest BCUT2D eigenvalue weighted by atomic mass is 10.0. The smallest absolute Gasteiger partial charge is 0.0681 e. The monoisotopic (exact) mass is 342 g/mol. The van der Waals surface area contributed by atoms with Crippen molar-refractivity contribution < 1.29 is 5.11 Å². The van der Waals surface area contributed by atoms with Gasteiger partial charge in [-0.3, -0.25) is 0 Å². The summed E-state index contributed by atoms with van der Waals surface area (Å²) in [7, 11) is 0. The normalized spacial score (nSPS) is 16.0. The molecule has 0 amide bonds. The van der Waals surface area contributed by atoms with Gasteiger partial charge in [0.2, 0.25) is 0 Å². The zero-order valence-electron chi connectivity index (χ0n) is 14.5. The first-order chi connectivity index (χ1) is 11.7. The molecule has 2 N–H and O–H groups in total. The van der Waals surface area contributed by atoms with Gasteiger partial charge in [0.1, 0.15) is 0 Å². The highest BCUT2D eigenvalue weighted by Gasteiger charge is 2.14. The van der Waals surface area contributed by atoms with E-state index in [0.29, 0.717) is 0 Å². The molecule has 1 heterocycles. The van der Waals surface area contributed by atoms with Crippen molar-refractivity contribution in [3.8, 4) is 0 Å². The lowest BCUT2D eigenvalue weighted by Crippen LogP contribution is -2.32. The Labute approximate surface area is 149 Å². The number of nitrogens with zero attached hydrogens (tertiary/aromatic N) is 1. The van der Waals surface area contributed by atoms with Crippen molar-refractivity contribution in [2.45, 2.75) is 26.5 Å². The lowest BCUT2D eigenvalue weighted by molar-refractivity contribution is 0.281. The van der Waals surface area contributed by atoms with E-state index in [-0.39, 0.29) is 12.6 Å². The van der Waals surface area contributed by atoms with Crippen LogP contribution in [0.1, 0.15) is 29.7 Å². The summed E-state index contributed by atoms with van der Waals surface area (Å²) in [4.78, 5) is 2.49. The summed E-state index contributed by atoms with van der Waals surface area (Å²) >= 11 is 2.04. The van der Waals surface area contributed by atoms with Crippen LogP contribution in [0.15, 0.2) is 42.5 Å². The molecule has 0 spiro atoms. The van der Waals surface area contributed by atoms with Crippen molar-refractivity contribution in [3.05, 3.63) is 59.2 Å². The highest BCUT2D eigenvalue weighted by molar-refractivity contribution is 7.99. The zero-order valence-corrected chi connectivity index (χ0v) is 15.3. The lowest BCUT2D eigenvalue weighted by Gasteiger charge is -2.30. The Bertz CT molecular complexity index is 683. The summed E-state index contributed by atoms with van der Waals surface area (Å²) in [6, 6.07) is 15.0. The molecule has 128 valence electrons. The second kappa shape index (κ2) is 7.95. The van der Waals surface area contributed by atoms with Crippen LogP contribution in [0.25, 0.3) is 0 Å². The standard InChI is InChI=1S/C20H26N2OS/c1-15-12-19(6-7-20(15)22-8-10-24-11-9-22)21-16(2)18-5-3-4-17(13-18)14-23/h3-7,12-13,16,21,23H,8-11,14H2,1-2H3. The van der Waals surface area contributed by atoms with E-state index in [1.54, 1.807) is 0 Å². The third-order valence-corrected chi connectivity index (χ3v) is 5.51. The van der Waals surface area contributed by atoms with E-state index in [2.05, 4.69) is 54.4 Å². The maximum absolute atomic E-state index is 9.30. The van der Waals surface area contributed by atoms with Crippen LogP contribution in [-0.2, 0) is 6.61 Å². The van der Waals surface area contributed by atoms with Crippen LogP contribution in [-0.4, -0.2) is 29.7 Å². The highest BCUT2D eigenvalue weighted by atomic mass is 32.2. The van der Waals surface area contributed by atoms with E-state index in [1.165, 1.54) is 28.3 Å². The maximum Gasteiger partial charge on any atom is 0.0681 e. The van der Waals surface area contributed by atoms with Gasteiger partial charge in [-0.25, -0.2) is 0 Å². The van der Waals surface area contributed by atoms with Gasteiger partial charge in [0.15, 0.2) is 0 Å². The Balaban J connectivity index is 1.71. The van der Waals surface area contributed by atoms with Crippen molar-refractivity contribution in [3.63, 3.8) is 0 Å². The molecule has 0 saturated carbocycles. The molecule has 24 heavy (non-hydrogen) atoms. The first-order valence-corrected chi connectivity index (χ1v) is 9.72. The van der Waals surface area contributed by atoms with E-state index in [4.69, 9.17) is 0 Å². The summed E-state index contributed by atoms with van der Waals surface area (Å²) in [5.41, 5.74) is 5.97. The fourth-order valence-electron chi connectivity index (χ4n) is 3.20. The zero-order chi connectivity index (χ0) is 16.9. The second-order valence-electron chi connectivity index (χ2n) is 6.37. The summed E-state index contributed by atoms with van der Waals surface area (Å²) in [5.74, 6) is 2.44. The summed E-state index contributed by atoms with van der Waals surface area (Å²) < 4.78 is 0. The van der Waals surface area contributed by atoms with Gasteiger partial charge in [0.05, 0.1) is 6.61 Å². The average molecular weight is 343 g/mol. The molecule has 0 bridgehead atoms. The van der Waals surface area contributed by atoms with Crippen LogP contribution >= 0.6 is 11.8 Å². The third kappa shape index (κ3) is 4.05. The van der Waals surface area contributed by atoms with E-state index >= 15 is 0 Å². The van der Waals surface area contributed by atoms with Crippen LogP contribution in [0.2, 0.25) is 0 Å². The molecule has 2 aromatic rings. The van der Waals surface area contributed by atoms with Gasteiger partial charge in [-0.1, -0.05) is 24.3 Å². The Hall–Kier alpha value is -1.65. The van der Waals surface area contributed by atoms with Gasteiger partial charge >= 0.3 is 0 Å². The Morgan fingerprint density at radius 1 is 1.17 bits per heavy atom. The van der Waals surface area contributed by atoms with E-state index in [1.807, 2.05) is 23.9 Å². The largest absolute Gasteiger partial charge is 0.392 e. The van der Waals surface area contributed by atoms with Gasteiger partial charge in [0, 0.05) is 42.0 Å². The van der Waals surface area contributed by atoms with Crippen molar-refractivity contribution in [2.24, 2.45) is 0 Å². The van der Waals surface area contributed by atoms with Crippen LogP contribution < -0.4 is 10.2 Å². The number of nitrogens with one attached hydrogen (secondary N) is 1. The average Bonchev–Trinajstić information content (AvgIpc) is 2.62. The molecule has 1 aliphatic rings. The Morgan fingerprint density at radius 2 is 1.96 bits per heavy atom. The molecule has 0 aliphatic carbocycles. The Kier molecular flexibility index (Phi) is 5.69. The predicted molar refractivity (Wildman–Crippen MR) is 105 cm³/mol. The first-order valence-electron chi connectivity index (χ1n) is 8.57. The molecule has 2 aromatic carbocycles. The summed E-state index contributed by atoms with van der Waals surface area (Å²) in [5, 5.41) is 12.9. The molecule has 4 heteroatoms. The minimum atomic E-state index is 0.0858. The molecule has 1 fully saturated rings. The molecule has 0 aromatic heterocycles. The van der Waals surface area contributed by atoms with Crippen molar-refractivity contribution in [1.29, 1.82) is 0 Å². The molecule has 1 aliphatic heterocycles. The molecule has 3 nitrogen and oxygen atoms in total. The van der Waals surface area contributed by atoms with Gasteiger partial charge in [0.25, 0.3) is 0 Å². The summed E-state index contributed by atoms with van der Waals surface area (Å²) in [6.45, 7) is 6.72. The minimum Gasteiger partial charge on any atom is -0.392 e. The minimum absolute atomic E-state index is 0.0858. The van der Waals surface area contributed by atoms with E-state index < -0.39 is 0 Å². The van der Waals surface area contributed by atoms with Crippen LogP contribution in [0.4, 0.5) is 11.4 Å². The first kappa shape index (κ1) is 17.2. The Morgan fingerprint density at radius 3 is 2.67 bits per heavy atom. The third-order valence-electron chi connectivity index (χ3n) is 4.57. The fraction of sp³-hybridized carbons (Fsp3) is 0.400. The molecular formula is C20H26N2OS. The number of aryl methyl sites for hydroxylation is 1. The summed E-state index contributed by atoms with van der Waals surface area (Å²) in [6.07, 6.45) is 0. The van der Waals surface area contributed by atoms with E-state index in [0.717, 1.165) is 24.3 Å². The molecule has 1 saturated heterocycles. The molecule has 1 atom stereocenters. The van der Waals surface area contributed by atoms with Gasteiger partial charge in [-0.05, 0) is 48.7 Å². The van der Waals surface area contributed by atoms with Crippen LogP contribution in [0.3, 0.4) is 0 Å².